The Morgan fingerprint density at radius 2 is 1.56 bits per heavy atom. The van der Waals surface area contributed by atoms with Crippen molar-refractivity contribution in [2.75, 3.05) is 13.7 Å². The molecule has 3 nitrogen and oxygen atoms in total. The van der Waals surface area contributed by atoms with Crippen molar-refractivity contribution in [3.63, 3.8) is 0 Å². The van der Waals surface area contributed by atoms with Crippen LogP contribution in [0, 0.1) is 0 Å². The maximum Gasteiger partial charge on any atom is 0.338 e. The van der Waals surface area contributed by atoms with Gasteiger partial charge in [-0.2, -0.15) is 0 Å². The lowest BCUT2D eigenvalue weighted by atomic mass is 9.98. The van der Waals surface area contributed by atoms with E-state index in [1.54, 1.807) is 6.07 Å². The zero-order chi connectivity index (χ0) is 18.9. The van der Waals surface area contributed by atoms with Crippen LogP contribution in [0.1, 0.15) is 27.9 Å². The SMILES string of the molecule is COC(=O)c1ccccc1-c1ccc(CNCCCc2ccccc2)cc1. The van der Waals surface area contributed by atoms with Gasteiger partial charge in [0.1, 0.15) is 0 Å². The van der Waals surface area contributed by atoms with Crippen molar-refractivity contribution in [1.29, 1.82) is 0 Å². The van der Waals surface area contributed by atoms with Gasteiger partial charge in [0.15, 0.2) is 0 Å². The van der Waals surface area contributed by atoms with Crippen molar-refractivity contribution in [1.82, 2.24) is 5.32 Å². The van der Waals surface area contributed by atoms with Crippen LogP contribution < -0.4 is 5.32 Å². The van der Waals surface area contributed by atoms with E-state index in [9.17, 15) is 4.79 Å². The molecule has 138 valence electrons. The second-order valence-corrected chi connectivity index (χ2v) is 6.50. The van der Waals surface area contributed by atoms with Crippen LogP contribution in [0.3, 0.4) is 0 Å². The van der Waals surface area contributed by atoms with Crippen LogP contribution in [0.5, 0.6) is 0 Å². The fourth-order valence-electron chi connectivity index (χ4n) is 3.12. The molecule has 0 heterocycles. The predicted octanol–water partition coefficient (Wildman–Crippen LogP) is 4.86. The van der Waals surface area contributed by atoms with Gasteiger partial charge in [0.25, 0.3) is 0 Å². The van der Waals surface area contributed by atoms with Gasteiger partial charge >= 0.3 is 5.97 Å². The smallest absolute Gasteiger partial charge is 0.338 e. The van der Waals surface area contributed by atoms with Gasteiger partial charge < -0.3 is 10.1 Å². The topological polar surface area (TPSA) is 38.3 Å². The first-order valence-electron chi connectivity index (χ1n) is 9.29. The lowest BCUT2D eigenvalue weighted by molar-refractivity contribution is 0.0601. The summed E-state index contributed by atoms with van der Waals surface area (Å²) in [4.78, 5) is 11.9. The van der Waals surface area contributed by atoms with Crippen LogP contribution in [0.15, 0.2) is 78.9 Å². The highest BCUT2D eigenvalue weighted by molar-refractivity contribution is 5.97. The summed E-state index contributed by atoms with van der Waals surface area (Å²) in [7, 11) is 1.41. The van der Waals surface area contributed by atoms with Gasteiger partial charge in [0, 0.05) is 6.54 Å². The molecule has 0 saturated heterocycles. The number of hydrogen-bond acceptors (Lipinski definition) is 3. The number of nitrogens with one attached hydrogen (secondary N) is 1. The van der Waals surface area contributed by atoms with E-state index in [2.05, 4.69) is 59.9 Å². The van der Waals surface area contributed by atoms with Crippen molar-refractivity contribution in [2.24, 2.45) is 0 Å². The largest absolute Gasteiger partial charge is 0.465 e. The molecule has 27 heavy (non-hydrogen) atoms. The summed E-state index contributed by atoms with van der Waals surface area (Å²) >= 11 is 0. The molecule has 0 aliphatic rings. The Morgan fingerprint density at radius 3 is 2.30 bits per heavy atom. The normalized spacial score (nSPS) is 10.6. The Bertz CT molecular complexity index is 857. The Labute approximate surface area is 161 Å². The van der Waals surface area contributed by atoms with Crippen LogP contribution in [0.25, 0.3) is 11.1 Å². The zero-order valence-corrected chi connectivity index (χ0v) is 15.7. The van der Waals surface area contributed by atoms with E-state index in [1.165, 1.54) is 18.2 Å². The van der Waals surface area contributed by atoms with E-state index in [0.717, 1.165) is 37.1 Å². The molecule has 0 aromatic heterocycles. The molecule has 0 radical (unpaired) electrons. The molecule has 0 atom stereocenters. The molecule has 3 aromatic carbocycles. The summed E-state index contributed by atoms with van der Waals surface area (Å²) in [6.45, 7) is 1.83. The van der Waals surface area contributed by atoms with Crippen LogP contribution in [-0.2, 0) is 17.7 Å². The Balaban J connectivity index is 1.53. The number of benzene rings is 3. The Hall–Kier alpha value is -2.91. The average Bonchev–Trinajstić information content (AvgIpc) is 2.74. The zero-order valence-electron chi connectivity index (χ0n) is 15.7. The summed E-state index contributed by atoms with van der Waals surface area (Å²) in [6.07, 6.45) is 2.21. The number of hydrogen-bond donors (Lipinski definition) is 1. The summed E-state index contributed by atoms with van der Waals surface area (Å²) in [5.41, 5.74) is 5.12. The molecule has 3 heteroatoms. The first-order valence-corrected chi connectivity index (χ1v) is 9.29. The number of aryl methyl sites for hydroxylation is 1. The van der Waals surface area contributed by atoms with Gasteiger partial charge in [-0.1, -0.05) is 72.8 Å². The first-order chi connectivity index (χ1) is 13.3. The molecule has 0 saturated carbocycles. The number of methoxy groups -OCH3 is 1. The van der Waals surface area contributed by atoms with Gasteiger partial charge in [-0.25, -0.2) is 4.79 Å². The van der Waals surface area contributed by atoms with Gasteiger partial charge in [0.2, 0.25) is 0 Å². The van der Waals surface area contributed by atoms with E-state index >= 15 is 0 Å². The number of esters is 1. The van der Waals surface area contributed by atoms with Crippen LogP contribution in [0.4, 0.5) is 0 Å². The lowest BCUT2D eigenvalue weighted by Crippen LogP contribution is -2.15. The highest BCUT2D eigenvalue weighted by Crippen LogP contribution is 2.24. The molecule has 0 fully saturated rings. The van der Waals surface area contributed by atoms with Crippen molar-refractivity contribution in [3.05, 3.63) is 95.6 Å². The molecule has 3 rings (SSSR count). The van der Waals surface area contributed by atoms with E-state index in [-0.39, 0.29) is 5.97 Å². The van der Waals surface area contributed by atoms with E-state index in [4.69, 9.17) is 4.74 Å². The Kier molecular flexibility index (Phi) is 6.78. The Morgan fingerprint density at radius 1 is 0.852 bits per heavy atom. The molecule has 0 unspecified atom stereocenters. The predicted molar refractivity (Wildman–Crippen MR) is 110 cm³/mol. The van der Waals surface area contributed by atoms with Crippen LogP contribution in [0.2, 0.25) is 0 Å². The van der Waals surface area contributed by atoms with Crippen LogP contribution >= 0.6 is 0 Å². The fraction of sp³-hybridized carbons (Fsp3) is 0.208. The van der Waals surface area contributed by atoms with E-state index in [1.807, 2.05) is 18.2 Å². The summed E-state index contributed by atoms with van der Waals surface area (Å²) < 4.78 is 4.88. The third kappa shape index (κ3) is 5.28. The number of rotatable bonds is 8. The van der Waals surface area contributed by atoms with Crippen LogP contribution in [-0.4, -0.2) is 19.6 Å². The minimum atomic E-state index is -0.310. The molecular weight excluding hydrogens is 334 g/mol. The molecule has 0 bridgehead atoms. The van der Waals surface area contributed by atoms with E-state index < -0.39 is 0 Å². The van der Waals surface area contributed by atoms with Gasteiger partial charge in [-0.3, -0.25) is 0 Å². The highest BCUT2D eigenvalue weighted by Gasteiger charge is 2.12. The summed E-state index contributed by atoms with van der Waals surface area (Å²) in [6, 6.07) is 26.4. The van der Waals surface area contributed by atoms with Crippen molar-refractivity contribution in [2.45, 2.75) is 19.4 Å². The standard InChI is InChI=1S/C24H25NO2/c1-27-24(26)23-12-6-5-11-22(23)21-15-13-20(14-16-21)18-25-17-7-10-19-8-3-2-4-9-19/h2-6,8-9,11-16,25H,7,10,17-18H2,1H3. The minimum absolute atomic E-state index is 0.310. The molecule has 0 amide bonds. The third-order valence-corrected chi connectivity index (χ3v) is 4.59. The highest BCUT2D eigenvalue weighted by atomic mass is 16.5. The summed E-state index contributed by atoms with van der Waals surface area (Å²) in [5.74, 6) is -0.310. The maximum atomic E-state index is 11.9. The first kappa shape index (κ1) is 18.9. The molecule has 0 aliphatic carbocycles. The quantitative estimate of drug-likeness (QED) is 0.461. The summed E-state index contributed by atoms with van der Waals surface area (Å²) in [5, 5.41) is 3.50. The molecule has 0 spiro atoms. The van der Waals surface area contributed by atoms with Crippen molar-refractivity contribution < 1.29 is 9.53 Å². The van der Waals surface area contributed by atoms with Crippen molar-refractivity contribution >= 4 is 5.97 Å². The maximum absolute atomic E-state index is 11.9. The number of carbonyl (C=O) groups is 1. The van der Waals surface area contributed by atoms with E-state index in [0.29, 0.717) is 5.56 Å². The lowest BCUT2D eigenvalue weighted by Gasteiger charge is -2.09. The van der Waals surface area contributed by atoms with Gasteiger partial charge in [-0.05, 0) is 47.7 Å². The molecular formula is C24H25NO2. The minimum Gasteiger partial charge on any atom is -0.465 e. The van der Waals surface area contributed by atoms with Gasteiger partial charge in [-0.15, -0.1) is 0 Å². The average molecular weight is 359 g/mol. The van der Waals surface area contributed by atoms with Gasteiger partial charge in [0.05, 0.1) is 12.7 Å². The molecule has 1 N–H and O–H groups in total. The second kappa shape index (κ2) is 9.70. The molecule has 3 aromatic rings. The molecule has 0 aliphatic heterocycles. The monoisotopic (exact) mass is 359 g/mol. The third-order valence-electron chi connectivity index (χ3n) is 4.59. The second-order valence-electron chi connectivity index (χ2n) is 6.50. The van der Waals surface area contributed by atoms with Crippen molar-refractivity contribution in [3.8, 4) is 11.1 Å². The number of ether oxygens (including phenoxy) is 1. The number of carbonyl (C=O) groups excluding carboxylic acids is 1. The fourth-order valence-corrected chi connectivity index (χ4v) is 3.12.